The van der Waals surface area contributed by atoms with Gasteiger partial charge in [0, 0.05) is 29.8 Å². The van der Waals surface area contributed by atoms with Crippen LogP contribution < -0.4 is 10.0 Å². The average molecular weight is 307 g/mol. The molecule has 1 aromatic heterocycles. The number of hydrogen-bond donors (Lipinski definition) is 2. The Morgan fingerprint density at radius 1 is 1.05 bits per heavy atom. The van der Waals surface area contributed by atoms with Crippen LogP contribution in [0.25, 0.3) is 0 Å². The molecule has 0 fully saturated rings. The number of nitrogens with one attached hydrogen (secondary N) is 2. The van der Waals surface area contributed by atoms with Crippen LogP contribution in [0, 0.1) is 0 Å². The Kier molecular flexibility index (Phi) is 4.90. The molecule has 0 atom stereocenters. The van der Waals surface area contributed by atoms with Crippen LogP contribution in [0.15, 0.2) is 42.6 Å². The van der Waals surface area contributed by atoms with E-state index in [-0.39, 0.29) is 5.75 Å². The van der Waals surface area contributed by atoms with Crippen molar-refractivity contribution in [1.82, 2.24) is 4.57 Å². The minimum Gasteiger partial charge on any atom is -0.379 e. The highest BCUT2D eigenvalue weighted by Gasteiger charge is 2.06. The van der Waals surface area contributed by atoms with Gasteiger partial charge in [-0.05, 0) is 50.2 Å². The summed E-state index contributed by atoms with van der Waals surface area (Å²) in [6.45, 7) is 5.40. The smallest absolute Gasteiger partial charge is 0.232 e. The summed E-state index contributed by atoms with van der Waals surface area (Å²) in [6, 6.07) is 11.4. The summed E-state index contributed by atoms with van der Waals surface area (Å²) in [6.07, 6.45) is 2.06. The van der Waals surface area contributed by atoms with Gasteiger partial charge in [0.1, 0.15) is 0 Å². The molecule has 0 saturated carbocycles. The zero-order valence-electron chi connectivity index (χ0n) is 12.3. The highest BCUT2D eigenvalue weighted by atomic mass is 32.2. The molecule has 2 N–H and O–H groups in total. The number of aryl methyl sites for hydroxylation is 1. The highest BCUT2D eigenvalue weighted by Crippen LogP contribution is 2.16. The van der Waals surface area contributed by atoms with Gasteiger partial charge in [-0.25, -0.2) is 8.42 Å². The third kappa shape index (κ3) is 4.26. The second-order valence-electron chi connectivity index (χ2n) is 4.72. The molecule has 0 saturated heterocycles. The second kappa shape index (κ2) is 6.67. The Morgan fingerprint density at radius 2 is 1.71 bits per heavy atom. The zero-order valence-corrected chi connectivity index (χ0v) is 13.2. The fraction of sp³-hybridized carbons (Fsp3) is 0.333. The van der Waals surface area contributed by atoms with Gasteiger partial charge >= 0.3 is 0 Å². The quantitative estimate of drug-likeness (QED) is 0.827. The van der Waals surface area contributed by atoms with Gasteiger partial charge in [0.25, 0.3) is 0 Å². The summed E-state index contributed by atoms with van der Waals surface area (Å²) >= 11 is 0. The van der Waals surface area contributed by atoms with Gasteiger partial charge in [0.15, 0.2) is 0 Å². The lowest BCUT2D eigenvalue weighted by Crippen LogP contribution is -2.14. The third-order valence-corrected chi connectivity index (χ3v) is 4.58. The molecular formula is C15H21N3O2S. The molecule has 0 aliphatic heterocycles. The van der Waals surface area contributed by atoms with Gasteiger partial charge in [-0.3, -0.25) is 4.72 Å². The summed E-state index contributed by atoms with van der Waals surface area (Å²) in [5.41, 5.74) is 2.76. The Balaban J connectivity index is 1.97. The van der Waals surface area contributed by atoms with Crippen LogP contribution in [0.5, 0.6) is 0 Å². The van der Waals surface area contributed by atoms with Gasteiger partial charge < -0.3 is 9.88 Å². The maximum atomic E-state index is 11.5. The Morgan fingerprint density at radius 3 is 2.33 bits per heavy atom. The molecule has 0 aliphatic carbocycles. The summed E-state index contributed by atoms with van der Waals surface area (Å²) in [7, 11) is -3.22. The molecule has 0 aliphatic rings. The molecule has 0 radical (unpaired) electrons. The molecule has 2 aromatic rings. The van der Waals surface area contributed by atoms with Crippen molar-refractivity contribution in [3.63, 3.8) is 0 Å². The summed E-state index contributed by atoms with van der Waals surface area (Å²) in [5.74, 6) is 0.0704. The Bertz CT molecular complexity index is 675. The molecule has 1 aromatic carbocycles. The summed E-state index contributed by atoms with van der Waals surface area (Å²) in [5, 5.41) is 3.33. The topological polar surface area (TPSA) is 63.1 Å². The lowest BCUT2D eigenvalue weighted by molar-refractivity contribution is 0.602. The van der Waals surface area contributed by atoms with Crippen LogP contribution in [0.4, 0.5) is 11.4 Å². The van der Waals surface area contributed by atoms with E-state index in [0.29, 0.717) is 5.69 Å². The van der Waals surface area contributed by atoms with Gasteiger partial charge in [-0.1, -0.05) is 0 Å². The molecule has 0 amide bonds. The number of nitrogens with zero attached hydrogens (tertiary/aromatic N) is 1. The molecule has 5 nitrogen and oxygen atoms in total. The highest BCUT2D eigenvalue weighted by molar-refractivity contribution is 7.92. The number of rotatable bonds is 7. The molecule has 21 heavy (non-hydrogen) atoms. The third-order valence-electron chi connectivity index (χ3n) is 3.28. The monoisotopic (exact) mass is 307 g/mol. The number of sulfonamides is 1. The average Bonchev–Trinajstić information content (AvgIpc) is 2.94. The van der Waals surface area contributed by atoms with Crippen LogP contribution in [-0.4, -0.2) is 18.7 Å². The van der Waals surface area contributed by atoms with E-state index in [1.54, 1.807) is 19.1 Å². The zero-order chi connectivity index (χ0) is 15.3. The van der Waals surface area contributed by atoms with Crippen molar-refractivity contribution in [1.29, 1.82) is 0 Å². The molecular weight excluding hydrogens is 286 g/mol. The van der Waals surface area contributed by atoms with Crippen molar-refractivity contribution in [2.24, 2.45) is 0 Å². The number of hydrogen-bond acceptors (Lipinski definition) is 3. The maximum Gasteiger partial charge on any atom is 0.232 e. The van der Waals surface area contributed by atoms with Crippen LogP contribution in [-0.2, 0) is 23.1 Å². The van der Waals surface area contributed by atoms with Crippen LogP contribution in [0.2, 0.25) is 0 Å². The van der Waals surface area contributed by atoms with E-state index in [4.69, 9.17) is 0 Å². The first-order valence-corrected chi connectivity index (χ1v) is 8.67. The van der Waals surface area contributed by atoms with E-state index in [0.717, 1.165) is 18.8 Å². The first-order valence-electron chi connectivity index (χ1n) is 7.02. The molecule has 6 heteroatoms. The fourth-order valence-corrected chi connectivity index (χ4v) is 2.66. The predicted octanol–water partition coefficient (Wildman–Crippen LogP) is 2.88. The van der Waals surface area contributed by atoms with Gasteiger partial charge in [-0.2, -0.15) is 0 Å². The summed E-state index contributed by atoms with van der Waals surface area (Å²) in [4.78, 5) is 0. The van der Waals surface area contributed by atoms with Crippen molar-refractivity contribution in [3.05, 3.63) is 48.3 Å². The van der Waals surface area contributed by atoms with Crippen molar-refractivity contribution in [2.45, 2.75) is 26.9 Å². The molecule has 0 unspecified atom stereocenters. The van der Waals surface area contributed by atoms with Gasteiger partial charge in [0.2, 0.25) is 10.0 Å². The minimum absolute atomic E-state index is 0.0704. The minimum atomic E-state index is -3.22. The van der Waals surface area contributed by atoms with Crippen LogP contribution in [0.1, 0.15) is 19.5 Å². The first kappa shape index (κ1) is 15.4. The SMILES string of the molecule is CCn1cccc1CNc1ccc(NS(=O)(=O)CC)cc1. The van der Waals surface area contributed by atoms with Crippen molar-refractivity contribution < 1.29 is 8.42 Å². The standard InChI is InChI=1S/C15H21N3O2S/c1-3-18-11-5-6-15(18)12-16-13-7-9-14(10-8-13)17-21(19,20)4-2/h5-11,16-17H,3-4,12H2,1-2H3. The fourth-order valence-electron chi connectivity index (χ4n) is 2.02. The Labute approximate surface area is 126 Å². The van der Waals surface area contributed by atoms with Gasteiger partial charge in [0.05, 0.1) is 12.3 Å². The largest absolute Gasteiger partial charge is 0.379 e. The van der Waals surface area contributed by atoms with E-state index in [2.05, 4.69) is 33.8 Å². The first-order chi connectivity index (χ1) is 10.0. The van der Waals surface area contributed by atoms with Crippen molar-refractivity contribution in [2.75, 3.05) is 15.8 Å². The number of anilines is 2. The van der Waals surface area contributed by atoms with Crippen molar-refractivity contribution >= 4 is 21.4 Å². The molecule has 0 bridgehead atoms. The number of aromatic nitrogens is 1. The summed E-state index contributed by atoms with van der Waals surface area (Å²) < 4.78 is 27.7. The number of benzene rings is 1. The van der Waals surface area contributed by atoms with E-state index in [9.17, 15) is 8.42 Å². The van der Waals surface area contributed by atoms with Crippen molar-refractivity contribution in [3.8, 4) is 0 Å². The lowest BCUT2D eigenvalue weighted by Gasteiger charge is -2.10. The van der Waals surface area contributed by atoms with Gasteiger partial charge in [-0.15, -0.1) is 0 Å². The lowest BCUT2D eigenvalue weighted by atomic mass is 10.3. The van der Waals surface area contributed by atoms with Crippen LogP contribution in [0.3, 0.4) is 0 Å². The van der Waals surface area contributed by atoms with E-state index in [1.165, 1.54) is 5.69 Å². The molecule has 114 valence electrons. The van der Waals surface area contributed by atoms with E-state index < -0.39 is 10.0 Å². The van der Waals surface area contributed by atoms with E-state index >= 15 is 0 Å². The van der Waals surface area contributed by atoms with E-state index in [1.807, 2.05) is 18.2 Å². The molecule has 1 heterocycles. The molecule has 0 spiro atoms. The van der Waals surface area contributed by atoms with Crippen LogP contribution >= 0.6 is 0 Å². The predicted molar refractivity (Wildman–Crippen MR) is 87.0 cm³/mol. The second-order valence-corrected chi connectivity index (χ2v) is 6.73. The maximum absolute atomic E-state index is 11.5. The normalized spacial score (nSPS) is 11.3. The molecule has 2 rings (SSSR count). The Hall–Kier alpha value is -1.95.